The first-order valence-electron chi connectivity index (χ1n) is 6.41. The van der Waals surface area contributed by atoms with E-state index in [-0.39, 0.29) is 6.03 Å². The molecular weight excluding hydrogens is 228 g/mol. The number of carbonyl (C=O) groups is 1. The molecule has 1 aromatic carbocycles. The molecule has 0 spiro atoms. The minimum Gasteiger partial charge on any atom is -0.497 e. The van der Waals surface area contributed by atoms with Gasteiger partial charge in [0.25, 0.3) is 0 Å². The Morgan fingerprint density at radius 2 is 1.72 bits per heavy atom. The number of anilines is 1. The molecule has 1 rings (SSSR count). The number of methoxy groups -OCH3 is 1. The zero-order chi connectivity index (χ0) is 13.4. The second-order valence-corrected chi connectivity index (χ2v) is 4.15. The number of benzene rings is 1. The van der Waals surface area contributed by atoms with Gasteiger partial charge in [-0.1, -0.05) is 13.8 Å². The summed E-state index contributed by atoms with van der Waals surface area (Å²) in [7, 11) is 1.62. The summed E-state index contributed by atoms with van der Waals surface area (Å²) in [6.45, 7) is 5.72. The highest BCUT2D eigenvalue weighted by Gasteiger charge is 2.11. The number of urea groups is 1. The van der Waals surface area contributed by atoms with Crippen molar-refractivity contribution >= 4 is 11.7 Å². The van der Waals surface area contributed by atoms with Crippen LogP contribution in [0.5, 0.6) is 5.75 Å². The smallest absolute Gasteiger partial charge is 0.321 e. The summed E-state index contributed by atoms with van der Waals surface area (Å²) in [5.41, 5.74) is 0.790. The monoisotopic (exact) mass is 250 g/mol. The largest absolute Gasteiger partial charge is 0.497 e. The van der Waals surface area contributed by atoms with Crippen LogP contribution in [0.15, 0.2) is 24.3 Å². The molecule has 4 heteroatoms. The molecule has 0 fully saturated rings. The summed E-state index contributed by atoms with van der Waals surface area (Å²) in [6.07, 6.45) is 1.94. The van der Waals surface area contributed by atoms with Gasteiger partial charge in [-0.05, 0) is 37.1 Å². The molecule has 0 unspecified atom stereocenters. The molecule has 18 heavy (non-hydrogen) atoms. The van der Waals surface area contributed by atoms with Gasteiger partial charge in [0.1, 0.15) is 5.75 Å². The average molecular weight is 250 g/mol. The van der Waals surface area contributed by atoms with Crippen molar-refractivity contribution in [3.05, 3.63) is 24.3 Å². The van der Waals surface area contributed by atoms with Crippen molar-refractivity contribution in [1.29, 1.82) is 0 Å². The average Bonchev–Trinajstić information content (AvgIpc) is 2.39. The van der Waals surface area contributed by atoms with Gasteiger partial charge < -0.3 is 15.0 Å². The quantitative estimate of drug-likeness (QED) is 0.841. The van der Waals surface area contributed by atoms with Crippen LogP contribution < -0.4 is 10.1 Å². The van der Waals surface area contributed by atoms with Crippen molar-refractivity contribution in [2.45, 2.75) is 26.7 Å². The fourth-order valence-corrected chi connectivity index (χ4v) is 1.73. The lowest BCUT2D eigenvalue weighted by Gasteiger charge is -2.21. The Morgan fingerprint density at radius 1 is 1.17 bits per heavy atom. The molecule has 0 aliphatic rings. The van der Waals surface area contributed by atoms with E-state index in [1.54, 1.807) is 7.11 Å². The summed E-state index contributed by atoms with van der Waals surface area (Å²) in [4.78, 5) is 13.9. The first kappa shape index (κ1) is 14.4. The first-order valence-corrected chi connectivity index (χ1v) is 6.41. The maximum Gasteiger partial charge on any atom is 0.321 e. The van der Waals surface area contributed by atoms with E-state index in [4.69, 9.17) is 4.74 Å². The van der Waals surface area contributed by atoms with Crippen LogP contribution in [-0.4, -0.2) is 31.1 Å². The Morgan fingerprint density at radius 3 is 2.17 bits per heavy atom. The van der Waals surface area contributed by atoms with Gasteiger partial charge in [-0.15, -0.1) is 0 Å². The Kier molecular flexibility index (Phi) is 6.05. The minimum absolute atomic E-state index is 0.0381. The summed E-state index contributed by atoms with van der Waals surface area (Å²) >= 11 is 0. The molecule has 0 radical (unpaired) electrons. The molecule has 0 aliphatic carbocycles. The van der Waals surface area contributed by atoms with Crippen LogP contribution in [-0.2, 0) is 0 Å². The molecule has 1 aromatic rings. The molecule has 0 bridgehead atoms. The zero-order valence-electron chi connectivity index (χ0n) is 11.4. The molecule has 0 atom stereocenters. The molecule has 2 amide bonds. The lowest BCUT2D eigenvalue weighted by atomic mass is 10.3. The number of carbonyl (C=O) groups excluding carboxylic acids is 1. The zero-order valence-corrected chi connectivity index (χ0v) is 11.4. The second-order valence-electron chi connectivity index (χ2n) is 4.15. The standard InChI is InChI=1S/C14H22N2O2/c1-4-10-16(11-5-2)14(17)15-12-6-8-13(18-3)9-7-12/h6-9H,4-5,10-11H2,1-3H3,(H,15,17). The third-order valence-electron chi connectivity index (χ3n) is 2.62. The van der Waals surface area contributed by atoms with E-state index in [0.717, 1.165) is 37.4 Å². The summed E-state index contributed by atoms with van der Waals surface area (Å²) in [6, 6.07) is 7.31. The van der Waals surface area contributed by atoms with E-state index in [0.29, 0.717) is 0 Å². The van der Waals surface area contributed by atoms with Crippen LogP contribution >= 0.6 is 0 Å². The van der Waals surface area contributed by atoms with Crippen LogP contribution in [0, 0.1) is 0 Å². The predicted octanol–water partition coefficient (Wildman–Crippen LogP) is 3.35. The predicted molar refractivity (Wildman–Crippen MR) is 74.2 cm³/mol. The van der Waals surface area contributed by atoms with Gasteiger partial charge in [0.05, 0.1) is 7.11 Å². The summed E-state index contributed by atoms with van der Waals surface area (Å²) in [5, 5.41) is 2.89. The van der Waals surface area contributed by atoms with Crippen LogP contribution in [0.1, 0.15) is 26.7 Å². The number of hydrogen-bond donors (Lipinski definition) is 1. The van der Waals surface area contributed by atoms with Gasteiger partial charge >= 0.3 is 6.03 Å². The Balaban J connectivity index is 2.60. The van der Waals surface area contributed by atoms with E-state index in [2.05, 4.69) is 19.2 Å². The number of hydrogen-bond acceptors (Lipinski definition) is 2. The Labute approximate surface area is 109 Å². The topological polar surface area (TPSA) is 41.6 Å². The van der Waals surface area contributed by atoms with Crippen LogP contribution in [0.4, 0.5) is 10.5 Å². The summed E-state index contributed by atoms with van der Waals surface area (Å²) < 4.78 is 5.08. The first-order chi connectivity index (χ1) is 8.71. The number of amides is 2. The number of nitrogens with zero attached hydrogens (tertiary/aromatic N) is 1. The highest BCUT2D eigenvalue weighted by Crippen LogP contribution is 2.15. The SMILES string of the molecule is CCCN(CCC)C(=O)Nc1ccc(OC)cc1. The van der Waals surface area contributed by atoms with Crippen molar-refractivity contribution in [2.24, 2.45) is 0 Å². The molecule has 0 aliphatic heterocycles. The summed E-state index contributed by atoms with van der Waals surface area (Å²) in [5.74, 6) is 0.784. The minimum atomic E-state index is -0.0381. The maximum absolute atomic E-state index is 12.0. The van der Waals surface area contributed by atoms with E-state index in [1.807, 2.05) is 29.2 Å². The third-order valence-corrected chi connectivity index (χ3v) is 2.62. The number of rotatable bonds is 6. The fourth-order valence-electron chi connectivity index (χ4n) is 1.73. The van der Waals surface area contributed by atoms with Gasteiger partial charge in [0.15, 0.2) is 0 Å². The molecule has 0 heterocycles. The van der Waals surface area contributed by atoms with E-state index < -0.39 is 0 Å². The van der Waals surface area contributed by atoms with Crippen molar-refractivity contribution in [3.8, 4) is 5.75 Å². The van der Waals surface area contributed by atoms with E-state index in [9.17, 15) is 4.79 Å². The molecule has 4 nitrogen and oxygen atoms in total. The van der Waals surface area contributed by atoms with Crippen molar-refractivity contribution in [2.75, 3.05) is 25.5 Å². The maximum atomic E-state index is 12.0. The molecular formula is C14H22N2O2. The van der Waals surface area contributed by atoms with Gasteiger partial charge in [-0.2, -0.15) is 0 Å². The number of ether oxygens (including phenoxy) is 1. The molecule has 0 saturated carbocycles. The highest BCUT2D eigenvalue weighted by atomic mass is 16.5. The number of nitrogens with one attached hydrogen (secondary N) is 1. The van der Waals surface area contributed by atoms with Gasteiger partial charge in [-0.3, -0.25) is 0 Å². The second kappa shape index (κ2) is 7.58. The van der Waals surface area contributed by atoms with Crippen LogP contribution in [0.3, 0.4) is 0 Å². The molecule has 0 aromatic heterocycles. The van der Waals surface area contributed by atoms with Crippen molar-refractivity contribution in [3.63, 3.8) is 0 Å². The van der Waals surface area contributed by atoms with Crippen molar-refractivity contribution < 1.29 is 9.53 Å². The van der Waals surface area contributed by atoms with Crippen LogP contribution in [0.25, 0.3) is 0 Å². The highest BCUT2D eigenvalue weighted by molar-refractivity contribution is 5.89. The Hall–Kier alpha value is -1.71. The lowest BCUT2D eigenvalue weighted by Crippen LogP contribution is -2.36. The van der Waals surface area contributed by atoms with Gasteiger partial charge in [0.2, 0.25) is 0 Å². The van der Waals surface area contributed by atoms with Gasteiger partial charge in [0, 0.05) is 18.8 Å². The van der Waals surface area contributed by atoms with E-state index in [1.165, 1.54) is 0 Å². The molecule has 1 N–H and O–H groups in total. The third kappa shape index (κ3) is 4.28. The lowest BCUT2D eigenvalue weighted by molar-refractivity contribution is 0.211. The molecule has 0 saturated heterocycles. The Bertz CT molecular complexity index is 357. The normalized spacial score (nSPS) is 9.94. The van der Waals surface area contributed by atoms with Crippen LogP contribution in [0.2, 0.25) is 0 Å². The fraction of sp³-hybridized carbons (Fsp3) is 0.500. The molecule has 100 valence electrons. The van der Waals surface area contributed by atoms with E-state index >= 15 is 0 Å². The van der Waals surface area contributed by atoms with Crippen molar-refractivity contribution in [1.82, 2.24) is 4.90 Å². The van der Waals surface area contributed by atoms with Gasteiger partial charge in [-0.25, -0.2) is 4.79 Å².